The molecule has 0 radical (unpaired) electrons. The maximum Gasteiger partial charge on any atom is 0.147 e. The van der Waals surface area contributed by atoms with E-state index in [2.05, 4.69) is 14.9 Å². The van der Waals surface area contributed by atoms with Gasteiger partial charge in [0.25, 0.3) is 0 Å². The maximum absolute atomic E-state index is 13.2. The van der Waals surface area contributed by atoms with E-state index in [-0.39, 0.29) is 5.82 Å². The van der Waals surface area contributed by atoms with Crippen LogP contribution in [-0.4, -0.2) is 33.1 Å². The summed E-state index contributed by atoms with van der Waals surface area (Å²) in [7, 11) is 0. The average molecular weight is 364 g/mol. The van der Waals surface area contributed by atoms with Gasteiger partial charge in [-0.2, -0.15) is 0 Å². The molecule has 0 aliphatic carbocycles. The van der Waals surface area contributed by atoms with Crippen LogP contribution in [0.25, 0.3) is 11.3 Å². The van der Waals surface area contributed by atoms with E-state index in [1.165, 1.54) is 12.1 Å². The largest absolute Gasteiger partial charge is 0.385 e. The molecule has 4 rings (SSSR count). The fourth-order valence-electron chi connectivity index (χ4n) is 3.42. The Labute approximate surface area is 157 Å². The Morgan fingerprint density at radius 2 is 1.74 bits per heavy atom. The third-order valence-electron chi connectivity index (χ3n) is 5.13. The van der Waals surface area contributed by atoms with Crippen LogP contribution in [0, 0.1) is 12.7 Å². The smallest absolute Gasteiger partial charge is 0.147 e. The highest BCUT2D eigenvalue weighted by Gasteiger charge is 2.34. The third-order valence-corrected chi connectivity index (χ3v) is 5.13. The Kier molecular flexibility index (Phi) is 4.58. The van der Waals surface area contributed by atoms with Crippen molar-refractivity contribution < 1.29 is 9.50 Å². The molecule has 0 saturated carbocycles. The Balaban J connectivity index is 1.50. The van der Waals surface area contributed by atoms with Crippen molar-refractivity contribution in [3.05, 3.63) is 72.1 Å². The van der Waals surface area contributed by atoms with Crippen molar-refractivity contribution >= 4 is 5.82 Å². The molecule has 0 unspecified atom stereocenters. The molecule has 6 heteroatoms. The summed E-state index contributed by atoms with van der Waals surface area (Å²) in [5.74, 6) is 0.492. The van der Waals surface area contributed by atoms with Crippen LogP contribution in [0.5, 0.6) is 0 Å². The lowest BCUT2D eigenvalue weighted by Gasteiger charge is -2.39. The minimum absolute atomic E-state index is 0.294. The number of aromatic nitrogens is 3. The van der Waals surface area contributed by atoms with Crippen molar-refractivity contribution in [3.8, 4) is 11.3 Å². The lowest BCUT2D eigenvalue weighted by atomic mass is 9.84. The van der Waals surface area contributed by atoms with Gasteiger partial charge in [-0.1, -0.05) is 12.1 Å². The maximum atomic E-state index is 13.2. The molecular formula is C21H21FN4O. The fourth-order valence-corrected chi connectivity index (χ4v) is 3.42. The van der Waals surface area contributed by atoms with Crippen LogP contribution in [0.4, 0.5) is 10.2 Å². The molecule has 2 aromatic heterocycles. The van der Waals surface area contributed by atoms with Crippen LogP contribution >= 0.6 is 0 Å². The standard InChI is InChI=1S/C21H21FN4O/c1-15-2-3-16(12-24-15)19-13-23-14-20(25-19)26-10-8-21(27,9-11-26)17-4-6-18(22)7-5-17/h2-7,12-14,27H,8-11H2,1H3. The number of halogens is 1. The molecule has 27 heavy (non-hydrogen) atoms. The van der Waals surface area contributed by atoms with Gasteiger partial charge in [-0.25, -0.2) is 9.37 Å². The number of aryl methyl sites for hydroxylation is 1. The van der Waals surface area contributed by atoms with E-state index in [9.17, 15) is 9.50 Å². The predicted molar refractivity (Wildman–Crippen MR) is 102 cm³/mol. The molecule has 0 atom stereocenters. The van der Waals surface area contributed by atoms with Gasteiger partial charge in [0.15, 0.2) is 0 Å². The quantitative estimate of drug-likeness (QED) is 0.771. The number of anilines is 1. The highest BCUT2D eigenvalue weighted by molar-refractivity contribution is 5.59. The molecule has 0 amide bonds. The Morgan fingerprint density at radius 3 is 2.41 bits per heavy atom. The first-order chi connectivity index (χ1) is 13.0. The number of aliphatic hydroxyl groups is 1. The number of nitrogens with zero attached hydrogens (tertiary/aromatic N) is 4. The second-order valence-corrected chi connectivity index (χ2v) is 6.98. The van der Waals surface area contributed by atoms with Gasteiger partial charge in [-0.3, -0.25) is 9.97 Å². The van der Waals surface area contributed by atoms with E-state index < -0.39 is 5.60 Å². The molecule has 3 aromatic rings. The van der Waals surface area contributed by atoms with Gasteiger partial charge in [0.1, 0.15) is 11.6 Å². The molecule has 0 bridgehead atoms. The molecular weight excluding hydrogens is 343 g/mol. The molecule has 5 nitrogen and oxygen atoms in total. The number of hydrogen-bond donors (Lipinski definition) is 1. The van der Waals surface area contributed by atoms with E-state index in [1.807, 2.05) is 19.1 Å². The molecule has 3 heterocycles. The zero-order chi connectivity index (χ0) is 18.9. The van der Waals surface area contributed by atoms with Crippen LogP contribution < -0.4 is 4.90 Å². The van der Waals surface area contributed by atoms with E-state index in [0.29, 0.717) is 25.9 Å². The van der Waals surface area contributed by atoms with Crippen molar-refractivity contribution in [1.82, 2.24) is 15.0 Å². The summed E-state index contributed by atoms with van der Waals surface area (Å²) >= 11 is 0. The zero-order valence-corrected chi connectivity index (χ0v) is 15.1. The van der Waals surface area contributed by atoms with Gasteiger partial charge in [-0.15, -0.1) is 0 Å². The van der Waals surface area contributed by atoms with Crippen molar-refractivity contribution in [2.45, 2.75) is 25.4 Å². The first-order valence-corrected chi connectivity index (χ1v) is 9.02. The molecule has 1 aliphatic rings. The highest BCUT2D eigenvalue weighted by atomic mass is 19.1. The van der Waals surface area contributed by atoms with E-state index >= 15 is 0 Å². The number of piperidine rings is 1. The third kappa shape index (κ3) is 3.66. The molecule has 1 N–H and O–H groups in total. The lowest BCUT2D eigenvalue weighted by Crippen LogP contribution is -2.43. The van der Waals surface area contributed by atoms with Crippen LogP contribution in [0.3, 0.4) is 0 Å². The number of rotatable bonds is 3. The van der Waals surface area contributed by atoms with Crippen LogP contribution in [0.15, 0.2) is 55.0 Å². The topological polar surface area (TPSA) is 62.1 Å². The summed E-state index contributed by atoms with van der Waals surface area (Å²) in [6.45, 7) is 3.25. The zero-order valence-electron chi connectivity index (χ0n) is 15.1. The van der Waals surface area contributed by atoms with Crippen molar-refractivity contribution in [2.75, 3.05) is 18.0 Å². The minimum Gasteiger partial charge on any atom is -0.385 e. The summed E-state index contributed by atoms with van der Waals surface area (Å²) in [6, 6.07) is 10.0. The van der Waals surface area contributed by atoms with Crippen LogP contribution in [0.2, 0.25) is 0 Å². The second kappa shape index (κ2) is 7.04. The summed E-state index contributed by atoms with van der Waals surface area (Å²) in [5.41, 5.74) is 2.48. The predicted octanol–water partition coefficient (Wildman–Crippen LogP) is 3.47. The van der Waals surface area contributed by atoms with E-state index in [0.717, 1.165) is 28.3 Å². The van der Waals surface area contributed by atoms with Gasteiger partial charge in [-0.05, 0) is 49.6 Å². The summed E-state index contributed by atoms with van der Waals surface area (Å²) in [5, 5.41) is 11.0. The van der Waals surface area contributed by atoms with Crippen LogP contribution in [0.1, 0.15) is 24.1 Å². The van der Waals surface area contributed by atoms with Gasteiger partial charge >= 0.3 is 0 Å². The van der Waals surface area contributed by atoms with Gasteiger partial charge in [0.05, 0.1) is 23.7 Å². The van der Waals surface area contributed by atoms with E-state index in [4.69, 9.17) is 4.98 Å². The summed E-state index contributed by atoms with van der Waals surface area (Å²) in [6.07, 6.45) is 6.38. The molecule has 0 spiro atoms. The normalized spacial score (nSPS) is 16.3. The second-order valence-electron chi connectivity index (χ2n) is 6.98. The number of pyridine rings is 1. The first-order valence-electron chi connectivity index (χ1n) is 9.02. The molecule has 138 valence electrons. The average Bonchev–Trinajstić information content (AvgIpc) is 2.70. The van der Waals surface area contributed by atoms with Gasteiger partial charge in [0.2, 0.25) is 0 Å². The van der Waals surface area contributed by atoms with Gasteiger partial charge in [0, 0.05) is 30.5 Å². The molecule has 1 saturated heterocycles. The van der Waals surface area contributed by atoms with E-state index in [1.54, 1.807) is 30.7 Å². The number of hydrogen-bond acceptors (Lipinski definition) is 5. The summed E-state index contributed by atoms with van der Waals surface area (Å²) in [4.78, 5) is 15.5. The van der Waals surface area contributed by atoms with Gasteiger partial charge < -0.3 is 10.0 Å². The summed E-state index contributed by atoms with van der Waals surface area (Å²) < 4.78 is 13.2. The monoisotopic (exact) mass is 364 g/mol. The molecule has 1 fully saturated rings. The lowest BCUT2D eigenvalue weighted by molar-refractivity contribution is 0.0116. The number of benzene rings is 1. The highest BCUT2D eigenvalue weighted by Crippen LogP contribution is 2.34. The Morgan fingerprint density at radius 1 is 1.00 bits per heavy atom. The molecule has 1 aliphatic heterocycles. The fraction of sp³-hybridized carbons (Fsp3) is 0.286. The SMILES string of the molecule is Cc1ccc(-c2cncc(N3CCC(O)(c4ccc(F)cc4)CC3)n2)cn1. The van der Waals surface area contributed by atoms with Crippen LogP contribution in [-0.2, 0) is 5.60 Å². The Hall–Kier alpha value is -2.86. The van der Waals surface area contributed by atoms with Crippen molar-refractivity contribution in [3.63, 3.8) is 0 Å². The van der Waals surface area contributed by atoms with Crippen molar-refractivity contribution in [1.29, 1.82) is 0 Å². The van der Waals surface area contributed by atoms with Crippen molar-refractivity contribution in [2.24, 2.45) is 0 Å². The molecule has 1 aromatic carbocycles. The minimum atomic E-state index is -0.934. The Bertz CT molecular complexity index is 920. The first kappa shape index (κ1) is 17.5.